The van der Waals surface area contributed by atoms with Gasteiger partial charge in [-0.05, 0) is 47.5 Å². The highest BCUT2D eigenvalue weighted by Gasteiger charge is 2.14. The average molecular weight is 397 g/mol. The Labute approximate surface area is 164 Å². The molecule has 0 radical (unpaired) electrons. The molecule has 0 amide bonds. The van der Waals surface area contributed by atoms with Crippen molar-refractivity contribution in [3.8, 4) is 5.69 Å². The van der Waals surface area contributed by atoms with Gasteiger partial charge in [0.15, 0.2) is 5.16 Å². The minimum atomic E-state index is -0.0114. The fourth-order valence-corrected chi connectivity index (χ4v) is 4.85. The molecule has 130 valence electrons. The van der Waals surface area contributed by atoms with E-state index in [1.807, 2.05) is 41.8 Å². The Bertz CT molecular complexity index is 1090. The molecule has 2 aromatic heterocycles. The Morgan fingerprint density at radius 2 is 1.81 bits per heavy atom. The zero-order valence-corrected chi connectivity index (χ0v) is 16.5. The number of benzene rings is 2. The van der Waals surface area contributed by atoms with Gasteiger partial charge < -0.3 is 0 Å². The molecule has 0 N–H and O–H groups in total. The Morgan fingerprint density at radius 3 is 2.54 bits per heavy atom. The van der Waals surface area contributed by atoms with E-state index in [0.717, 1.165) is 21.4 Å². The van der Waals surface area contributed by atoms with Crippen molar-refractivity contribution in [3.05, 3.63) is 82.0 Å². The van der Waals surface area contributed by atoms with E-state index in [0.29, 0.717) is 5.39 Å². The van der Waals surface area contributed by atoms with E-state index in [1.165, 1.54) is 21.8 Å². The summed E-state index contributed by atoms with van der Waals surface area (Å²) < 4.78 is 1.72. The molecule has 4 aromatic rings. The van der Waals surface area contributed by atoms with Crippen LogP contribution in [0.2, 0.25) is 0 Å². The minimum Gasteiger partial charge on any atom is -0.268 e. The number of thioether (sulfide) groups is 2. The highest BCUT2D eigenvalue weighted by atomic mass is 32.2. The third-order valence-corrected chi connectivity index (χ3v) is 6.57. The van der Waals surface area contributed by atoms with Crippen molar-refractivity contribution >= 4 is 45.1 Å². The molecule has 4 rings (SSSR count). The van der Waals surface area contributed by atoms with Gasteiger partial charge in [-0.1, -0.05) is 42.1 Å². The van der Waals surface area contributed by atoms with E-state index >= 15 is 0 Å². The van der Waals surface area contributed by atoms with Gasteiger partial charge in [0.1, 0.15) is 4.83 Å². The van der Waals surface area contributed by atoms with Crippen LogP contribution in [0.15, 0.2) is 80.9 Å². The van der Waals surface area contributed by atoms with Crippen LogP contribution in [0, 0.1) is 0 Å². The van der Waals surface area contributed by atoms with Gasteiger partial charge in [-0.3, -0.25) is 9.36 Å². The summed E-state index contributed by atoms with van der Waals surface area (Å²) in [7, 11) is 0. The van der Waals surface area contributed by atoms with Crippen LogP contribution in [-0.4, -0.2) is 15.8 Å². The standard InChI is InChI=1S/C20H16N2OS3/c1-24-16-9-7-14(8-10-16)13-26-20-21-18-17(11-12-25-18)19(23)22(20)15-5-3-2-4-6-15/h2-12H,13H2,1H3. The number of aromatic nitrogens is 2. The summed E-state index contributed by atoms with van der Waals surface area (Å²) >= 11 is 4.83. The maximum Gasteiger partial charge on any atom is 0.267 e. The van der Waals surface area contributed by atoms with Crippen molar-refractivity contribution < 1.29 is 0 Å². The molecule has 0 aliphatic rings. The Balaban J connectivity index is 1.74. The molecular weight excluding hydrogens is 380 g/mol. The van der Waals surface area contributed by atoms with Gasteiger partial charge in [0.05, 0.1) is 11.1 Å². The second-order valence-corrected chi connectivity index (χ2v) is 8.36. The van der Waals surface area contributed by atoms with Crippen LogP contribution >= 0.6 is 34.9 Å². The Morgan fingerprint density at radius 1 is 1.04 bits per heavy atom. The smallest absolute Gasteiger partial charge is 0.267 e. The summed E-state index contributed by atoms with van der Waals surface area (Å²) in [6, 6.07) is 20.1. The largest absolute Gasteiger partial charge is 0.268 e. The lowest BCUT2D eigenvalue weighted by atomic mass is 10.2. The van der Waals surface area contributed by atoms with Crippen LogP contribution in [0.5, 0.6) is 0 Å². The molecule has 0 aliphatic carbocycles. The first-order valence-electron chi connectivity index (χ1n) is 8.07. The van der Waals surface area contributed by atoms with Gasteiger partial charge in [-0.25, -0.2) is 4.98 Å². The molecule has 0 fully saturated rings. The monoisotopic (exact) mass is 396 g/mol. The van der Waals surface area contributed by atoms with Crippen LogP contribution < -0.4 is 5.56 Å². The Hall–Kier alpha value is -2.02. The highest BCUT2D eigenvalue weighted by Crippen LogP contribution is 2.27. The average Bonchev–Trinajstić information content (AvgIpc) is 3.16. The zero-order chi connectivity index (χ0) is 17.9. The fraction of sp³-hybridized carbons (Fsp3) is 0.100. The number of rotatable bonds is 5. The summed E-state index contributed by atoms with van der Waals surface area (Å²) in [5, 5.41) is 3.32. The number of nitrogens with zero attached hydrogens (tertiary/aromatic N) is 2. The van der Waals surface area contributed by atoms with Gasteiger partial charge in [0, 0.05) is 10.6 Å². The number of hydrogen-bond acceptors (Lipinski definition) is 5. The minimum absolute atomic E-state index is 0.0114. The lowest BCUT2D eigenvalue weighted by Crippen LogP contribution is -2.21. The summed E-state index contributed by atoms with van der Waals surface area (Å²) in [4.78, 5) is 19.8. The second-order valence-electron chi connectivity index (χ2n) is 5.65. The number of hydrogen-bond donors (Lipinski definition) is 0. The molecule has 0 unspecified atom stereocenters. The van der Waals surface area contributed by atoms with Crippen molar-refractivity contribution in [1.29, 1.82) is 0 Å². The lowest BCUT2D eigenvalue weighted by molar-refractivity contribution is 0.822. The Kier molecular flexibility index (Phi) is 5.15. The molecule has 6 heteroatoms. The molecule has 0 aliphatic heterocycles. The van der Waals surface area contributed by atoms with Crippen LogP contribution in [0.25, 0.3) is 15.9 Å². The molecule has 0 saturated heterocycles. The molecule has 0 spiro atoms. The summed E-state index contributed by atoms with van der Waals surface area (Å²) in [6.07, 6.45) is 2.07. The molecule has 2 aromatic carbocycles. The van der Waals surface area contributed by atoms with E-state index < -0.39 is 0 Å². The first kappa shape index (κ1) is 17.4. The quantitative estimate of drug-likeness (QED) is 0.331. The lowest BCUT2D eigenvalue weighted by Gasteiger charge is -2.12. The third-order valence-electron chi connectivity index (χ3n) is 4.01. The second kappa shape index (κ2) is 7.70. The normalized spacial score (nSPS) is 11.1. The summed E-state index contributed by atoms with van der Waals surface area (Å²) in [5.41, 5.74) is 2.05. The van der Waals surface area contributed by atoms with Gasteiger partial charge in [0.2, 0.25) is 0 Å². The molecule has 26 heavy (non-hydrogen) atoms. The molecular formula is C20H16N2OS3. The van der Waals surface area contributed by atoms with Gasteiger partial charge in [-0.15, -0.1) is 23.1 Å². The predicted octanol–water partition coefficient (Wildman–Crippen LogP) is 5.46. The van der Waals surface area contributed by atoms with Crippen LogP contribution in [0.1, 0.15) is 5.56 Å². The van der Waals surface area contributed by atoms with E-state index in [9.17, 15) is 4.79 Å². The SMILES string of the molecule is CSc1ccc(CSc2nc3sccc3c(=O)n2-c2ccccc2)cc1. The first-order chi connectivity index (χ1) is 12.8. The molecule has 3 nitrogen and oxygen atoms in total. The molecule has 0 atom stereocenters. The predicted molar refractivity (Wildman–Crippen MR) is 113 cm³/mol. The van der Waals surface area contributed by atoms with Crippen molar-refractivity contribution in [3.63, 3.8) is 0 Å². The zero-order valence-electron chi connectivity index (χ0n) is 14.1. The van der Waals surface area contributed by atoms with Crippen molar-refractivity contribution in [2.45, 2.75) is 15.8 Å². The van der Waals surface area contributed by atoms with Crippen LogP contribution in [0.4, 0.5) is 0 Å². The van der Waals surface area contributed by atoms with Gasteiger partial charge in [-0.2, -0.15) is 0 Å². The maximum atomic E-state index is 13.0. The van der Waals surface area contributed by atoms with E-state index in [1.54, 1.807) is 28.1 Å². The van der Waals surface area contributed by atoms with E-state index in [4.69, 9.17) is 4.98 Å². The topological polar surface area (TPSA) is 34.9 Å². The summed E-state index contributed by atoms with van der Waals surface area (Å²) in [6.45, 7) is 0. The van der Waals surface area contributed by atoms with Gasteiger partial charge >= 0.3 is 0 Å². The fourth-order valence-electron chi connectivity index (χ4n) is 2.67. The van der Waals surface area contributed by atoms with E-state index in [2.05, 4.69) is 30.5 Å². The van der Waals surface area contributed by atoms with Gasteiger partial charge in [0.25, 0.3) is 5.56 Å². The van der Waals surface area contributed by atoms with Crippen molar-refractivity contribution in [1.82, 2.24) is 9.55 Å². The number of thiophene rings is 1. The highest BCUT2D eigenvalue weighted by molar-refractivity contribution is 7.98. The summed E-state index contributed by atoms with van der Waals surface area (Å²) in [5.74, 6) is 0.769. The first-order valence-corrected chi connectivity index (χ1v) is 11.2. The maximum absolute atomic E-state index is 13.0. The number of para-hydroxylation sites is 1. The molecule has 0 bridgehead atoms. The van der Waals surface area contributed by atoms with Crippen LogP contribution in [-0.2, 0) is 5.75 Å². The number of fused-ring (bicyclic) bond motifs is 1. The van der Waals surface area contributed by atoms with Crippen molar-refractivity contribution in [2.75, 3.05) is 6.26 Å². The van der Waals surface area contributed by atoms with Crippen LogP contribution in [0.3, 0.4) is 0 Å². The van der Waals surface area contributed by atoms with E-state index in [-0.39, 0.29) is 5.56 Å². The van der Waals surface area contributed by atoms with Crippen molar-refractivity contribution in [2.24, 2.45) is 0 Å². The third kappa shape index (κ3) is 3.45. The molecule has 0 saturated carbocycles. The molecule has 2 heterocycles.